The Morgan fingerprint density at radius 2 is 1.94 bits per heavy atom. The maximum atomic E-state index is 12.7. The monoisotopic (exact) mass is 465 g/mol. The van der Waals surface area contributed by atoms with E-state index in [9.17, 15) is 18.0 Å². The number of urea groups is 1. The summed E-state index contributed by atoms with van der Waals surface area (Å²) in [5, 5.41) is 0. The van der Waals surface area contributed by atoms with Gasteiger partial charge in [-0.15, -0.1) is 12.4 Å². The van der Waals surface area contributed by atoms with Crippen molar-refractivity contribution in [3.63, 3.8) is 0 Å². The van der Waals surface area contributed by atoms with E-state index in [0.717, 1.165) is 31.5 Å². The Balaban J connectivity index is 0.00000341. The summed E-state index contributed by atoms with van der Waals surface area (Å²) in [5.41, 5.74) is 4.90. The van der Waals surface area contributed by atoms with Gasteiger partial charge in [0.25, 0.3) is 0 Å². The van der Waals surface area contributed by atoms with Crippen molar-refractivity contribution in [3.8, 4) is 0 Å². The molecular formula is C20H31ClF3N5O2. The van der Waals surface area contributed by atoms with Crippen molar-refractivity contribution in [2.24, 2.45) is 5.73 Å². The lowest BCUT2D eigenvalue weighted by atomic mass is 10.0. The van der Waals surface area contributed by atoms with Gasteiger partial charge in [-0.05, 0) is 38.3 Å². The van der Waals surface area contributed by atoms with Crippen molar-refractivity contribution < 1.29 is 22.7 Å². The summed E-state index contributed by atoms with van der Waals surface area (Å²) in [5.74, 6) is 0.544. The van der Waals surface area contributed by atoms with Gasteiger partial charge in [0.2, 0.25) is 0 Å². The van der Waals surface area contributed by atoms with Gasteiger partial charge in [-0.1, -0.05) is 0 Å². The first-order chi connectivity index (χ1) is 14.3. The second-order valence-corrected chi connectivity index (χ2v) is 7.99. The standard InChI is InChI=1S/C20H30F3N5O2.ClH/c1-15(24)14-30-12-2-7-27-10-11-28(19(27)29)17-5-8-26(9-6-17)18-4-3-16(13-25-18)20(21,22)23;/h3-4,13,15,17H,2,5-12,14,24H2,1H3;1H. The van der Waals surface area contributed by atoms with E-state index in [0.29, 0.717) is 51.8 Å². The summed E-state index contributed by atoms with van der Waals surface area (Å²) in [6.45, 7) is 6.42. The number of carbonyl (C=O) groups excluding carboxylic acids is 1. The number of alkyl halides is 3. The smallest absolute Gasteiger partial charge is 0.380 e. The fourth-order valence-electron chi connectivity index (χ4n) is 3.92. The molecular weight excluding hydrogens is 435 g/mol. The molecule has 3 rings (SSSR count). The van der Waals surface area contributed by atoms with Crippen molar-refractivity contribution in [3.05, 3.63) is 23.9 Å². The number of hydrogen-bond acceptors (Lipinski definition) is 5. The maximum absolute atomic E-state index is 12.7. The minimum absolute atomic E-state index is 0. The molecule has 2 amide bonds. The number of ether oxygens (including phenoxy) is 1. The van der Waals surface area contributed by atoms with Crippen LogP contribution in [-0.2, 0) is 10.9 Å². The quantitative estimate of drug-likeness (QED) is 0.597. The molecule has 2 aliphatic rings. The Bertz CT molecular complexity index is 697. The Morgan fingerprint density at radius 3 is 2.52 bits per heavy atom. The minimum atomic E-state index is -4.38. The molecule has 0 spiro atoms. The first-order valence-electron chi connectivity index (χ1n) is 10.4. The normalized spacial score (nSPS) is 19.0. The molecule has 0 aromatic carbocycles. The van der Waals surface area contributed by atoms with E-state index >= 15 is 0 Å². The summed E-state index contributed by atoms with van der Waals surface area (Å²) < 4.78 is 43.5. The molecule has 2 N–H and O–H groups in total. The summed E-state index contributed by atoms with van der Waals surface area (Å²) in [6.07, 6.45) is -1.17. The fraction of sp³-hybridized carbons (Fsp3) is 0.700. The van der Waals surface area contributed by atoms with Crippen molar-refractivity contribution >= 4 is 24.3 Å². The molecule has 0 aliphatic carbocycles. The number of hydrogen-bond donors (Lipinski definition) is 1. The maximum Gasteiger partial charge on any atom is 0.417 e. The lowest BCUT2D eigenvalue weighted by molar-refractivity contribution is -0.137. The lowest BCUT2D eigenvalue weighted by Gasteiger charge is -2.37. The number of piperidine rings is 1. The molecule has 1 aromatic heterocycles. The first kappa shape index (κ1) is 25.5. The Morgan fingerprint density at radius 1 is 1.23 bits per heavy atom. The Labute approximate surface area is 187 Å². The van der Waals surface area contributed by atoms with Gasteiger partial charge in [-0.3, -0.25) is 0 Å². The SMILES string of the molecule is CC(N)COCCCN1CCN(C2CCN(c3ccc(C(F)(F)F)cn3)CC2)C1=O.Cl. The van der Waals surface area contributed by atoms with Crippen LogP contribution in [0.4, 0.5) is 23.8 Å². The largest absolute Gasteiger partial charge is 0.417 e. The van der Waals surface area contributed by atoms with E-state index in [-0.39, 0.29) is 30.5 Å². The topological polar surface area (TPSA) is 74.9 Å². The summed E-state index contributed by atoms with van der Waals surface area (Å²) in [6, 6.07) is 2.71. The molecule has 0 saturated carbocycles. The summed E-state index contributed by atoms with van der Waals surface area (Å²) in [4.78, 5) is 22.5. The fourth-order valence-corrected chi connectivity index (χ4v) is 3.92. The highest BCUT2D eigenvalue weighted by Gasteiger charge is 2.35. The van der Waals surface area contributed by atoms with E-state index in [1.54, 1.807) is 0 Å². The van der Waals surface area contributed by atoms with Crippen LogP contribution in [0, 0.1) is 0 Å². The van der Waals surface area contributed by atoms with Gasteiger partial charge in [0.15, 0.2) is 0 Å². The Kier molecular flexibility index (Phi) is 9.20. The molecule has 11 heteroatoms. The number of rotatable bonds is 8. The molecule has 2 fully saturated rings. The first-order valence-corrected chi connectivity index (χ1v) is 10.4. The molecule has 1 atom stereocenters. The Hall–Kier alpha value is -1.78. The van der Waals surface area contributed by atoms with Gasteiger partial charge in [-0.2, -0.15) is 13.2 Å². The van der Waals surface area contributed by atoms with Crippen LogP contribution >= 0.6 is 12.4 Å². The van der Waals surface area contributed by atoms with E-state index in [1.165, 1.54) is 6.07 Å². The third-order valence-corrected chi connectivity index (χ3v) is 5.53. The van der Waals surface area contributed by atoms with Gasteiger partial charge in [-0.25, -0.2) is 9.78 Å². The highest BCUT2D eigenvalue weighted by molar-refractivity contribution is 5.85. The van der Waals surface area contributed by atoms with Crippen LogP contribution in [0.2, 0.25) is 0 Å². The molecule has 31 heavy (non-hydrogen) atoms. The molecule has 3 heterocycles. The zero-order chi connectivity index (χ0) is 21.7. The number of nitrogens with zero attached hydrogens (tertiary/aromatic N) is 4. The zero-order valence-corrected chi connectivity index (χ0v) is 18.5. The average Bonchev–Trinajstić information content (AvgIpc) is 3.07. The van der Waals surface area contributed by atoms with Gasteiger partial charge < -0.3 is 25.2 Å². The van der Waals surface area contributed by atoms with Crippen molar-refractivity contribution in [1.82, 2.24) is 14.8 Å². The van der Waals surface area contributed by atoms with Crippen molar-refractivity contribution in [2.75, 3.05) is 50.8 Å². The summed E-state index contributed by atoms with van der Waals surface area (Å²) >= 11 is 0. The number of carbonyl (C=O) groups is 1. The second-order valence-electron chi connectivity index (χ2n) is 7.99. The second kappa shape index (κ2) is 11.2. The lowest BCUT2D eigenvalue weighted by Crippen LogP contribution is -2.47. The van der Waals surface area contributed by atoms with Gasteiger partial charge in [0.1, 0.15) is 5.82 Å². The molecule has 1 aromatic rings. The van der Waals surface area contributed by atoms with Gasteiger partial charge in [0, 0.05) is 57.6 Å². The predicted octanol–water partition coefficient (Wildman–Crippen LogP) is 2.98. The minimum Gasteiger partial charge on any atom is -0.380 e. The van der Waals surface area contributed by atoms with Crippen molar-refractivity contribution in [2.45, 2.75) is 44.4 Å². The van der Waals surface area contributed by atoms with Crippen LogP contribution in [0.5, 0.6) is 0 Å². The van der Waals surface area contributed by atoms with Crippen LogP contribution in [-0.4, -0.2) is 78.8 Å². The van der Waals surface area contributed by atoms with Crippen LogP contribution in [0.1, 0.15) is 31.7 Å². The molecule has 0 bridgehead atoms. The third-order valence-electron chi connectivity index (χ3n) is 5.53. The van der Waals surface area contributed by atoms with E-state index in [2.05, 4.69) is 4.98 Å². The predicted molar refractivity (Wildman–Crippen MR) is 114 cm³/mol. The van der Waals surface area contributed by atoms with E-state index in [4.69, 9.17) is 10.5 Å². The molecule has 7 nitrogen and oxygen atoms in total. The molecule has 2 saturated heterocycles. The highest BCUT2D eigenvalue weighted by atomic mass is 35.5. The molecule has 2 aliphatic heterocycles. The van der Waals surface area contributed by atoms with E-state index in [1.807, 2.05) is 21.6 Å². The number of halogens is 4. The highest BCUT2D eigenvalue weighted by Crippen LogP contribution is 2.30. The number of nitrogens with two attached hydrogens (primary N) is 1. The summed E-state index contributed by atoms with van der Waals surface area (Å²) in [7, 11) is 0. The number of aromatic nitrogens is 1. The number of amides is 2. The van der Waals surface area contributed by atoms with Crippen LogP contribution < -0.4 is 10.6 Å². The van der Waals surface area contributed by atoms with Crippen LogP contribution in [0.15, 0.2) is 18.3 Å². The van der Waals surface area contributed by atoms with Gasteiger partial charge in [0.05, 0.1) is 12.2 Å². The van der Waals surface area contributed by atoms with Gasteiger partial charge >= 0.3 is 12.2 Å². The van der Waals surface area contributed by atoms with Crippen LogP contribution in [0.3, 0.4) is 0 Å². The number of pyridine rings is 1. The average molecular weight is 466 g/mol. The number of anilines is 1. The van der Waals surface area contributed by atoms with E-state index < -0.39 is 11.7 Å². The molecule has 0 radical (unpaired) electrons. The third kappa shape index (κ3) is 6.85. The van der Waals surface area contributed by atoms with Crippen molar-refractivity contribution in [1.29, 1.82) is 0 Å². The molecule has 1 unspecified atom stereocenters. The molecule has 176 valence electrons. The zero-order valence-electron chi connectivity index (χ0n) is 17.7. The van der Waals surface area contributed by atoms with Crippen LogP contribution in [0.25, 0.3) is 0 Å².